The van der Waals surface area contributed by atoms with Crippen LogP contribution < -0.4 is 4.90 Å². The fourth-order valence-electron chi connectivity index (χ4n) is 5.84. The number of thiazole rings is 1. The van der Waals surface area contributed by atoms with E-state index in [-0.39, 0.29) is 35.1 Å². The van der Waals surface area contributed by atoms with E-state index in [1.54, 1.807) is 24.3 Å². The quantitative estimate of drug-likeness (QED) is 0.221. The predicted octanol–water partition coefficient (Wildman–Crippen LogP) is 6.89. The maximum Gasteiger partial charge on any atom is 0.344 e. The summed E-state index contributed by atoms with van der Waals surface area (Å²) in [7, 11) is 1.26. The largest absolute Gasteiger partial charge is 0.465 e. The van der Waals surface area contributed by atoms with Gasteiger partial charge in [0.2, 0.25) is 0 Å². The van der Waals surface area contributed by atoms with Crippen LogP contribution in [0.5, 0.6) is 0 Å². The van der Waals surface area contributed by atoms with Crippen molar-refractivity contribution in [3.8, 4) is 11.3 Å². The topological polar surface area (TPSA) is 94.8 Å². The summed E-state index contributed by atoms with van der Waals surface area (Å²) >= 11 is 14.2. The maximum absolute atomic E-state index is 14.7. The lowest BCUT2D eigenvalue weighted by Gasteiger charge is -2.31. The van der Waals surface area contributed by atoms with Crippen molar-refractivity contribution < 1.29 is 28.0 Å². The van der Waals surface area contributed by atoms with E-state index < -0.39 is 17.8 Å². The Morgan fingerprint density at radius 3 is 2.60 bits per heavy atom. The van der Waals surface area contributed by atoms with E-state index in [4.69, 9.17) is 37.2 Å². The van der Waals surface area contributed by atoms with Gasteiger partial charge < -0.3 is 18.9 Å². The standard InChI is InChI=1S/C28H22Cl2FN3O5S/c1-37-26(35)13-8-18(31)23-20(9-13)40-28(32-23)34-11-14-7-15(34)10-19(14)38-27(36)22-24(33-39-25(22)12-5-6-12)21-16(29)3-2-4-17(21)30/h2-4,8-9,12,14-15,19H,5-7,10-11H2,1H3/t14-,15?,19+/m1/s1. The first-order valence-electron chi connectivity index (χ1n) is 12.9. The first-order chi connectivity index (χ1) is 19.3. The van der Waals surface area contributed by atoms with E-state index >= 15 is 0 Å². The van der Waals surface area contributed by atoms with Gasteiger partial charge in [0.15, 0.2) is 16.7 Å². The molecule has 40 heavy (non-hydrogen) atoms. The summed E-state index contributed by atoms with van der Waals surface area (Å²) in [5, 5.41) is 5.62. The molecule has 4 aromatic rings. The number of benzene rings is 2. The Balaban J connectivity index is 1.11. The number of halogens is 3. The lowest BCUT2D eigenvalue weighted by atomic mass is 10.0. The molecule has 2 aromatic carbocycles. The number of piperidine rings is 1. The van der Waals surface area contributed by atoms with Crippen molar-refractivity contribution in [1.82, 2.24) is 10.1 Å². The molecule has 1 unspecified atom stereocenters. The molecule has 1 saturated heterocycles. The van der Waals surface area contributed by atoms with Crippen molar-refractivity contribution in [2.75, 3.05) is 18.6 Å². The number of aromatic nitrogens is 2. The molecule has 7 rings (SSSR count). The Kier molecular flexibility index (Phi) is 6.25. The average molecular weight is 602 g/mol. The molecule has 2 bridgehead atoms. The SMILES string of the molecule is COC(=O)c1cc(F)c2nc(N3C[C@H]4CC3C[C@@H]4OC(=O)c3c(-c4c(Cl)cccc4Cl)noc3C3CC3)sc2c1. The van der Waals surface area contributed by atoms with E-state index in [1.165, 1.54) is 18.4 Å². The summed E-state index contributed by atoms with van der Waals surface area (Å²) in [4.78, 5) is 32.2. The number of carbonyl (C=O) groups excluding carboxylic acids is 2. The second-order valence-corrected chi connectivity index (χ2v) is 12.2. The molecule has 0 radical (unpaired) electrons. The van der Waals surface area contributed by atoms with Gasteiger partial charge in [-0.25, -0.2) is 19.0 Å². The lowest BCUT2D eigenvalue weighted by molar-refractivity contribution is 0.0191. The van der Waals surface area contributed by atoms with Gasteiger partial charge in [-0.1, -0.05) is 45.8 Å². The van der Waals surface area contributed by atoms with Crippen LogP contribution in [0.15, 0.2) is 34.9 Å². The Bertz CT molecular complexity index is 1670. The van der Waals surface area contributed by atoms with E-state index in [1.807, 2.05) is 0 Å². The zero-order valence-electron chi connectivity index (χ0n) is 21.2. The molecule has 3 atom stereocenters. The molecule has 0 amide bonds. The number of hydrogen-bond donors (Lipinski definition) is 0. The van der Waals surface area contributed by atoms with Crippen molar-refractivity contribution in [3.05, 3.63) is 63.1 Å². The van der Waals surface area contributed by atoms with Crippen LogP contribution in [0, 0.1) is 11.7 Å². The third kappa shape index (κ3) is 4.24. The molecule has 2 aromatic heterocycles. The first-order valence-corrected chi connectivity index (χ1v) is 14.5. The molecule has 12 heteroatoms. The number of ether oxygens (including phenoxy) is 2. The molecule has 3 heterocycles. The van der Waals surface area contributed by atoms with Crippen LogP contribution in [0.25, 0.3) is 21.5 Å². The fraction of sp³-hybridized carbons (Fsp3) is 0.357. The highest BCUT2D eigenvalue weighted by Gasteiger charge is 2.48. The van der Waals surface area contributed by atoms with Crippen molar-refractivity contribution in [2.24, 2.45) is 5.92 Å². The van der Waals surface area contributed by atoms with Crippen molar-refractivity contribution >= 4 is 61.8 Å². The number of fused-ring (bicyclic) bond motifs is 3. The minimum absolute atomic E-state index is 0.0908. The Morgan fingerprint density at radius 1 is 1.15 bits per heavy atom. The smallest absolute Gasteiger partial charge is 0.344 e. The molecule has 206 valence electrons. The van der Waals surface area contributed by atoms with E-state index in [9.17, 15) is 14.0 Å². The van der Waals surface area contributed by atoms with Gasteiger partial charge in [-0.05, 0) is 43.5 Å². The molecule has 2 saturated carbocycles. The summed E-state index contributed by atoms with van der Waals surface area (Å²) in [6.45, 7) is 0.621. The number of nitrogens with zero attached hydrogens (tertiary/aromatic N) is 3. The van der Waals surface area contributed by atoms with Crippen LogP contribution in [0.4, 0.5) is 9.52 Å². The molecule has 3 fully saturated rings. The number of methoxy groups -OCH3 is 1. The summed E-state index contributed by atoms with van der Waals surface area (Å²) in [5.41, 5.74) is 1.42. The number of hydrogen-bond acceptors (Lipinski definition) is 9. The van der Waals surface area contributed by atoms with Gasteiger partial charge in [-0.2, -0.15) is 0 Å². The van der Waals surface area contributed by atoms with Gasteiger partial charge in [0.05, 0.1) is 27.4 Å². The highest BCUT2D eigenvalue weighted by molar-refractivity contribution is 7.22. The van der Waals surface area contributed by atoms with Gasteiger partial charge in [0, 0.05) is 36.4 Å². The summed E-state index contributed by atoms with van der Waals surface area (Å²) in [5.74, 6) is -0.920. The van der Waals surface area contributed by atoms with Gasteiger partial charge in [0.25, 0.3) is 0 Å². The van der Waals surface area contributed by atoms with Gasteiger partial charge in [0.1, 0.15) is 22.9 Å². The Hall–Kier alpha value is -3.21. The molecule has 1 aliphatic heterocycles. The number of rotatable bonds is 6. The number of esters is 2. The lowest BCUT2D eigenvalue weighted by Crippen LogP contribution is -2.39. The van der Waals surface area contributed by atoms with Crippen LogP contribution in [-0.4, -0.2) is 47.9 Å². The number of anilines is 1. The van der Waals surface area contributed by atoms with E-state index in [0.29, 0.717) is 55.4 Å². The maximum atomic E-state index is 14.7. The zero-order chi connectivity index (χ0) is 27.7. The second-order valence-electron chi connectivity index (χ2n) is 10.4. The predicted molar refractivity (Wildman–Crippen MR) is 148 cm³/mol. The highest BCUT2D eigenvalue weighted by atomic mass is 35.5. The van der Waals surface area contributed by atoms with Crippen LogP contribution in [0.1, 0.15) is 58.1 Å². The van der Waals surface area contributed by atoms with E-state index in [2.05, 4.69) is 15.0 Å². The second kappa shape index (κ2) is 9.71. The fourth-order valence-corrected chi connectivity index (χ4v) is 7.51. The summed E-state index contributed by atoms with van der Waals surface area (Å²) in [6, 6.07) is 7.95. The van der Waals surface area contributed by atoms with Crippen molar-refractivity contribution in [1.29, 1.82) is 0 Å². The summed E-state index contributed by atoms with van der Waals surface area (Å²) in [6.07, 6.45) is 2.99. The first kappa shape index (κ1) is 25.7. The normalized spacial score (nSPS) is 21.8. The minimum atomic E-state index is -0.599. The highest BCUT2D eigenvalue weighted by Crippen LogP contribution is 2.48. The third-order valence-corrected chi connectivity index (χ3v) is 9.58. The molecule has 0 spiro atoms. The van der Waals surface area contributed by atoms with Crippen molar-refractivity contribution in [3.63, 3.8) is 0 Å². The average Bonchev–Trinajstić information content (AvgIpc) is 3.26. The zero-order valence-corrected chi connectivity index (χ0v) is 23.5. The van der Waals surface area contributed by atoms with Crippen LogP contribution in [-0.2, 0) is 9.47 Å². The number of carbonyl (C=O) groups is 2. The molecular formula is C28H22Cl2FN3O5S. The van der Waals surface area contributed by atoms with Crippen LogP contribution >= 0.6 is 34.5 Å². The van der Waals surface area contributed by atoms with Gasteiger partial charge >= 0.3 is 11.9 Å². The summed E-state index contributed by atoms with van der Waals surface area (Å²) < 4.78 is 31.7. The van der Waals surface area contributed by atoms with Gasteiger partial charge in [-0.15, -0.1) is 0 Å². The Labute approximate surface area is 241 Å². The van der Waals surface area contributed by atoms with Crippen LogP contribution in [0.2, 0.25) is 10.0 Å². The molecule has 3 aliphatic rings. The molecular weight excluding hydrogens is 580 g/mol. The van der Waals surface area contributed by atoms with Crippen LogP contribution in [0.3, 0.4) is 0 Å². The molecule has 8 nitrogen and oxygen atoms in total. The molecule has 2 aliphatic carbocycles. The third-order valence-electron chi connectivity index (χ3n) is 7.91. The van der Waals surface area contributed by atoms with Crippen molar-refractivity contribution in [2.45, 2.75) is 43.7 Å². The monoisotopic (exact) mass is 601 g/mol. The van der Waals surface area contributed by atoms with E-state index in [0.717, 1.165) is 25.3 Å². The molecule has 0 N–H and O–H groups in total. The minimum Gasteiger partial charge on any atom is -0.465 e. The Morgan fingerprint density at radius 2 is 1.93 bits per heavy atom. The van der Waals surface area contributed by atoms with Gasteiger partial charge in [-0.3, -0.25) is 0 Å².